The maximum atomic E-state index is 5.52. The Morgan fingerprint density at radius 3 is 2.20 bits per heavy atom. The maximum absolute atomic E-state index is 5.52. The summed E-state index contributed by atoms with van der Waals surface area (Å²) in [4.78, 5) is 9.55. The molecular formula is C24H26N4O2. The van der Waals surface area contributed by atoms with Crippen LogP contribution in [0, 0.1) is 27.7 Å². The lowest BCUT2D eigenvalue weighted by atomic mass is 10.1. The van der Waals surface area contributed by atoms with Crippen LogP contribution >= 0.6 is 0 Å². The van der Waals surface area contributed by atoms with Gasteiger partial charge in [0.05, 0.1) is 14.2 Å². The van der Waals surface area contributed by atoms with Gasteiger partial charge >= 0.3 is 0 Å². The maximum Gasteiger partial charge on any atom is 0.236 e. The molecule has 0 aliphatic carbocycles. The number of benzene rings is 2. The first-order chi connectivity index (χ1) is 14.4. The first kappa shape index (κ1) is 19.8. The number of aryl methyl sites for hydroxylation is 4. The van der Waals surface area contributed by atoms with Crippen molar-refractivity contribution in [2.24, 2.45) is 0 Å². The Labute approximate surface area is 176 Å². The topological polar surface area (TPSA) is 60.7 Å². The number of nitrogens with zero attached hydrogens (tertiary/aromatic N) is 3. The molecule has 0 aliphatic rings. The van der Waals surface area contributed by atoms with Crippen LogP contribution < -0.4 is 14.8 Å². The van der Waals surface area contributed by atoms with Crippen molar-refractivity contribution in [1.82, 2.24) is 14.4 Å². The van der Waals surface area contributed by atoms with Gasteiger partial charge in [0.2, 0.25) is 5.78 Å². The van der Waals surface area contributed by atoms with Crippen molar-refractivity contribution in [3.05, 3.63) is 65.0 Å². The van der Waals surface area contributed by atoms with Gasteiger partial charge in [0, 0.05) is 22.6 Å². The summed E-state index contributed by atoms with van der Waals surface area (Å²) < 4.78 is 13.0. The number of imidazole rings is 1. The lowest BCUT2D eigenvalue weighted by Gasteiger charge is -2.15. The lowest BCUT2D eigenvalue weighted by Crippen LogP contribution is -2.03. The average Bonchev–Trinajstić information content (AvgIpc) is 3.08. The molecule has 0 spiro atoms. The monoisotopic (exact) mass is 402 g/mol. The zero-order valence-corrected chi connectivity index (χ0v) is 18.2. The van der Waals surface area contributed by atoms with E-state index in [-0.39, 0.29) is 0 Å². The Bertz CT molecular complexity index is 1220. The van der Waals surface area contributed by atoms with Crippen LogP contribution in [-0.2, 0) is 0 Å². The molecule has 0 atom stereocenters. The minimum absolute atomic E-state index is 0.658. The Morgan fingerprint density at radius 2 is 1.53 bits per heavy atom. The van der Waals surface area contributed by atoms with Gasteiger partial charge in [-0.1, -0.05) is 18.2 Å². The highest BCUT2D eigenvalue weighted by molar-refractivity contribution is 5.81. The number of anilines is 2. The summed E-state index contributed by atoms with van der Waals surface area (Å²) in [5.41, 5.74) is 7.12. The highest BCUT2D eigenvalue weighted by Gasteiger charge is 2.20. The highest BCUT2D eigenvalue weighted by atomic mass is 16.5. The van der Waals surface area contributed by atoms with Crippen LogP contribution in [0.25, 0.3) is 17.0 Å². The highest BCUT2D eigenvalue weighted by Crippen LogP contribution is 2.37. The zero-order chi connectivity index (χ0) is 21.4. The second-order valence-corrected chi connectivity index (χ2v) is 7.44. The fraction of sp³-hybridized carbons (Fsp3) is 0.250. The molecule has 0 saturated carbocycles. The van der Waals surface area contributed by atoms with Crippen molar-refractivity contribution in [3.8, 4) is 22.8 Å². The van der Waals surface area contributed by atoms with Gasteiger partial charge in [-0.15, -0.1) is 0 Å². The number of rotatable bonds is 5. The van der Waals surface area contributed by atoms with Crippen molar-refractivity contribution < 1.29 is 9.47 Å². The average molecular weight is 402 g/mol. The number of ether oxygens (including phenoxy) is 2. The number of hydrogen-bond acceptors (Lipinski definition) is 5. The molecule has 2 aromatic heterocycles. The van der Waals surface area contributed by atoms with E-state index in [1.165, 1.54) is 11.1 Å². The van der Waals surface area contributed by atoms with Crippen LogP contribution in [0.1, 0.15) is 22.5 Å². The van der Waals surface area contributed by atoms with E-state index in [2.05, 4.69) is 59.7 Å². The molecule has 0 saturated heterocycles. The van der Waals surface area contributed by atoms with E-state index in [1.54, 1.807) is 14.2 Å². The number of hydrogen-bond donors (Lipinski definition) is 1. The molecule has 154 valence electrons. The minimum atomic E-state index is 0.658. The second kappa shape index (κ2) is 7.71. The van der Waals surface area contributed by atoms with E-state index in [1.807, 2.05) is 25.1 Å². The number of para-hydroxylation sites is 1. The molecule has 2 aromatic carbocycles. The number of methoxy groups -OCH3 is 2. The van der Waals surface area contributed by atoms with Crippen molar-refractivity contribution in [2.45, 2.75) is 27.7 Å². The molecule has 1 N–H and O–H groups in total. The van der Waals surface area contributed by atoms with Gasteiger partial charge in [0.15, 0.2) is 11.5 Å². The quantitative estimate of drug-likeness (QED) is 0.485. The van der Waals surface area contributed by atoms with Gasteiger partial charge in [-0.25, -0.2) is 9.97 Å². The first-order valence-corrected chi connectivity index (χ1v) is 9.85. The molecule has 4 rings (SSSR count). The van der Waals surface area contributed by atoms with Gasteiger partial charge < -0.3 is 14.8 Å². The Balaban J connectivity index is 1.98. The molecule has 0 aliphatic heterocycles. The Morgan fingerprint density at radius 1 is 0.833 bits per heavy atom. The van der Waals surface area contributed by atoms with Gasteiger partial charge in [0.1, 0.15) is 11.5 Å². The van der Waals surface area contributed by atoms with E-state index in [0.29, 0.717) is 17.3 Å². The van der Waals surface area contributed by atoms with Gasteiger partial charge in [0.25, 0.3) is 0 Å². The summed E-state index contributed by atoms with van der Waals surface area (Å²) in [7, 11) is 3.27. The van der Waals surface area contributed by atoms with Gasteiger partial charge in [-0.05, 0) is 63.1 Å². The molecule has 30 heavy (non-hydrogen) atoms. The molecular weight excluding hydrogens is 376 g/mol. The molecule has 0 radical (unpaired) electrons. The predicted octanol–water partition coefficient (Wildman–Crippen LogP) is 5.39. The Kier molecular flexibility index (Phi) is 5.08. The third-order valence-electron chi connectivity index (χ3n) is 5.29. The van der Waals surface area contributed by atoms with Crippen LogP contribution in [0.15, 0.2) is 42.5 Å². The molecule has 4 aromatic rings. The van der Waals surface area contributed by atoms with Crippen LogP contribution in [0.5, 0.6) is 11.5 Å². The summed E-state index contributed by atoms with van der Waals surface area (Å²) in [6.07, 6.45) is 0. The molecule has 6 heteroatoms. The van der Waals surface area contributed by atoms with Crippen LogP contribution in [0.3, 0.4) is 0 Å². The normalized spacial score (nSPS) is 11.0. The van der Waals surface area contributed by atoms with Crippen LogP contribution in [0.4, 0.5) is 11.5 Å². The molecule has 0 bridgehead atoms. The van der Waals surface area contributed by atoms with Crippen LogP contribution in [0.2, 0.25) is 0 Å². The summed E-state index contributed by atoms with van der Waals surface area (Å²) in [5.74, 6) is 2.87. The summed E-state index contributed by atoms with van der Waals surface area (Å²) in [5, 5.41) is 3.65. The van der Waals surface area contributed by atoms with E-state index in [9.17, 15) is 0 Å². The minimum Gasteiger partial charge on any atom is -0.493 e. The smallest absolute Gasteiger partial charge is 0.236 e. The van der Waals surface area contributed by atoms with E-state index in [0.717, 1.165) is 34.2 Å². The van der Waals surface area contributed by atoms with Crippen molar-refractivity contribution >= 4 is 17.3 Å². The van der Waals surface area contributed by atoms with Crippen LogP contribution in [-0.4, -0.2) is 28.6 Å². The van der Waals surface area contributed by atoms with Gasteiger partial charge in [-0.3, -0.25) is 4.40 Å². The van der Waals surface area contributed by atoms with Crippen molar-refractivity contribution in [3.63, 3.8) is 0 Å². The molecule has 0 unspecified atom stereocenters. The fourth-order valence-electron chi connectivity index (χ4n) is 3.80. The summed E-state index contributed by atoms with van der Waals surface area (Å²) in [6, 6.07) is 14.2. The number of aromatic nitrogens is 3. The molecule has 2 heterocycles. The van der Waals surface area contributed by atoms with E-state index >= 15 is 0 Å². The third-order valence-corrected chi connectivity index (χ3v) is 5.29. The third kappa shape index (κ3) is 3.34. The molecule has 6 nitrogen and oxygen atoms in total. The van der Waals surface area contributed by atoms with Gasteiger partial charge in [-0.2, -0.15) is 0 Å². The number of fused-ring (bicyclic) bond motifs is 1. The zero-order valence-electron chi connectivity index (χ0n) is 18.2. The van der Waals surface area contributed by atoms with Crippen molar-refractivity contribution in [1.29, 1.82) is 0 Å². The van der Waals surface area contributed by atoms with E-state index in [4.69, 9.17) is 14.5 Å². The molecule has 0 fully saturated rings. The SMILES string of the molecule is COc1ccc(-c2nc3nc(C)cc(C)n3c2Nc2c(C)cccc2C)cc1OC. The first-order valence-electron chi connectivity index (χ1n) is 9.85. The van der Waals surface area contributed by atoms with E-state index < -0.39 is 0 Å². The summed E-state index contributed by atoms with van der Waals surface area (Å²) >= 11 is 0. The Hall–Kier alpha value is -3.54. The molecule has 0 amide bonds. The lowest BCUT2D eigenvalue weighted by molar-refractivity contribution is 0.355. The standard InChI is InChI=1S/C24H26N4O2/c1-14-8-7-9-15(2)21(14)26-23-22(18-10-11-19(29-5)20(13-18)30-6)27-24-25-16(3)12-17(4)28(23)24/h7-13,26H,1-6H3. The van der Waals surface area contributed by atoms with Crippen molar-refractivity contribution in [2.75, 3.05) is 19.5 Å². The number of nitrogens with one attached hydrogen (secondary N) is 1. The largest absolute Gasteiger partial charge is 0.493 e. The fourth-order valence-corrected chi connectivity index (χ4v) is 3.80. The predicted molar refractivity (Wildman–Crippen MR) is 120 cm³/mol. The summed E-state index contributed by atoms with van der Waals surface area (Å²) in [6.45, 7) is 8.25. The second-order valence-electron chi connectivity index (χ2n) is 7.44.